The highest BCUT2D eigenvalue weighted by Gasteiger charge is 2.31. The number of carbonyl (C=O) groups is 4. The van der Waals surface area contributed by atoms with Crippen LogP contribution in [-0.2, 0) is 32.0 Å². The number of benzene rings is 2. The minimum Gasteiger partial charge on any atom is -0.480 e. The molecular weight excluding hydrogens is 628 g/mol. The number of carboxylic acid groups (broad SMARTS) is 1. The highest BCUT2D eigenvalue weighted by atomic mass is 16.4. The van der Waals surface area contributed by atoms with Gasteiger partial charge in [-0.3, -0.25) is 19.8 Å². The molecule has 0 fully saturated rings. The van der Waals surface area contributed by atoms with Gasteiger partial charge in [0.2, 0.25) is 17.7 Å². The van der Waals surface area contributed by atoms with Crippen LogP contribution < -0.4 is 38.5 Å². The maximum absolute atomic E-state index is 13.9. The fourth-order valence-corrected chi connectivity index (χ4v) is 5.73. The second-order valence-electron chi connectivity index (χ2n) is 12.0. The molecule has 49 heavy (non-hydrogen) atoms. The molecular formula is C34H46N10O5. The molecule has 14 N–H and O–H groups in total. The predicted molar refractivity (Wildman–Crippen MR) is 187 cm³/mol. The SMILES string of the molecule is N=C(N)NCCC[C@H](NC(=O)[C@@H](N)Cc1c[nH]c2ccccc12)C(=O)N[C@@H](Cc1c[nH]c2ccccc12)C(=O)N[C@@H](CCCCN)C(=O)O. The zero-order valence-electron chi connectivity index (χ0n) is 27.3. The quantitative estimate of drug-likeness (QED) is 0.0379. The number of rotatable bonds is 19. The Morgan fingerprint density at radius 3 is 1.86 bits per heavy atom. The third-order valence-corrected chi connectivity index (χ3v) is 8.36. The van der Waals surface area contributed by atoms with Gasteiger partial charge in [-0.1, -0.05) is 36.4 Å². The number of fused-ring (bicyclic) bond motifs is 2. The number of H-pyrrole nitrogens is 2. The van der Waals surface area contributed by atoms with Crippen LogP contribution in [0.25, 0.3) is 21.8 Å². The van der Waals surface area contributed by atoms with Gasteiger partial charge in [0.05, 0.1) is 6.04 Å². The van der Waals surface area contributed by atoms with E-state index in [1.165, 1.54) is 0 Å². The van der Waals surface area contributed by atoms with Gasteiger partial charge in [0.25, 0.3) is 0 Å². The van der Waals surface area contributed by atoms with Crippen LogP contribution >= 0.6 is 0 Å². The van der Waals surface area contributed by atoms with E-state index in [4.69, 9.17) is 22.6 Å². The molecule has 0 aliphatic heterocycles. The lowest BCUT2D eigenvalue weighted by molar-refractivity contribution is -0.142. The second-order valence-corrected chi connectivity index (χ2v) is 12.0. The highest BCUT2D eigenvalue weighted by molar-refractivity contribution is 5.95. The smallest absolute Gasteiger partial charge is 0.326 e. The van der Waals surface area contributed by atoms with Crippen molar-refractivity contribution in [2.75, 3.05) is 13.1 Å². The molecule has 2 heterocycles. The van der Waals surface area contributed by atoms with E-state index in [9.17, 15) is 24.3 Å². The number of hydrogen-bond donors (Lipinski definition) is 11. The maximum Gasteiger partial charge on any atom is 0.326 e. The van der Waals surface area contributed by atoms with Crippen molar-refractivity contribution in [3.8, 4) is 0 Å². The summed E-state index contributed by atoms with van der Waals surface area (Å²) in [7, 11) is 0. The van der Waals surface area contributed by atoms with Gasteiger partial charge < -0.3 is 53.5 Å². The summed E-state index contributed by atoms with van der Waals surface area (Å²) in [6.07, 6.45) is 5.53. The van der Waals surface area contributed by atoms with Crippen molar-refractivity contribution in [2.45, 2.75) is 69.1 Å². The third-order valence-electron chi connectivity index (χ3n) is 8.36. The van der Waals surface area contributed by atoms with Gasteiger partial charge in [-0.25, -0.2) is 4.79 Å². The number of carboxylic acids is 1. The van der Waals surface area contributed by atoms with Crippen molar-refractivity contribution in [3.63, 3.8) is 0 Å². The molecule has 0 saturated carbocycles. The van der Waals surface area contributed by atoms with Crippen molar-refractivity contribution < 1.29 is 24.3 Å². The van der Waals surface area contributed by atoms with Crippen LogP contribution in [0.3, 0.4) is 0 Å². The van der Waals surface area contributed by atoms with Crippen LogP contribution in [0.1, 0.15) is 43.2 Å². The Bertz CT molecular complexity index is 1750. The molecule has 0 spiro atoms. The van der Waals surface area contributed by atoms with Gasteiger partial charge in [-0.15, -0.1) is 0 Å². The number of para-hydroxylation sites is 2. The van der Waals surface area contributed by atoms with E-state index in [2.05, 4.69) is 31.2 Å². The van der Waals surface area contributed by atoms with Crippen LogP contribution in [0.2, 0.25) is 0 Å². The van der Waals surface area contributed by atoms with Crippen molar-refractivity contribution >= 4 is 51.5 Å². The van der Waals surface area contributed by atoms with Gasteiger partial charge in [-0.05, 0) is 68.3 Å². The Hall–Kier alpha value is -5.41. The normalized spacial score (nSPS) is 13.7. The number of aromatic amines is 2. The molecule has 0 bridgehead atoms. The Balaban J connectivity index is 1.53. The molecule has 15 nitrogen and oxygen atoms in total. The first-order valence-electron chi connectivity index (χ1n) is 16.3. The molecule has 0 aliphatic rings. The molecule has 262 valence electrons. The van der Waals surface area contributed by atoms with E-state index >= 15 is 0 Å². The maximum atomic E-state index is 13.9. The van der Waals surface area contributed by atoms with Gasteiger partial charge in [0.1, 0.15) is 18.1 Å². The van der Waals surface area contributed by atoms with E-state index in [0.29, 0.717) is 25.8 Å². The Labute approximate surface area is 283 Å². The Morgan fingerprint density at radius 2 is 1.27 bits per heavy atom. The third kappa shape index (κ3) is 10.3. The number of amides is 3. The molecule has 0 aliphatic carbocycles. The molecule has 3 amide bonds. The lowest BCUT2D eigenvalue weighted by Crippen LogP contribution is -2.57. The average Bonchev–Trinajstić information content (AvgIpc) is 3.68. The molecule has 4 aromatic rings. The highest BCUT2D eigenvalue weighted by Crippen LogP contribution is 2.20. The van der Waals surface area contributed by atoms with E-state index in [1.807, 2.05) is 48.5 Å². The minimum atomic E-state index is -1.20. The van der Waals surface area contributed by atoms with Crippen LogP contribution in [0, 0.1) is 5.41 Å². The standard InChI is InChI=1S/C34H46N10O5/c35-14-6-5-12-28(33(48)49)43-32(47)29(17-21-19-41-26-11-4-2-9-23(21)26)44-31(46)27(13-7-15-39-34(37)38)42-30(45)24(36)16-20-18-40-25-10-3-1-8-22(20)25/h1-4,8-11,18-19,24,27-29,40-41H,5-7,12-17,35-36H2,(H,42,45)(H,43,47)(H,44,46)(H,48,49)(H4,37,38,39)/t24-,27-,28-,29-/m0/s1. The number of nitrogens with two attached hydrogens (primary N) is 3. The van der Waals surface area contributed by atoms with Crippen LogP contribution in [-0.4, -0.2) is 82.0 Å². The number of hydrogen-bond acceptors (Lipinski definition) is 7. The predicted octanol–water partition coefficient (Wildman–Crippen LogP) is 0.693. The van der Waals surface area contributed by atoms with E-state index < -0.39 is 47.9 Å². The minimum absolute atomic E-state index is 0.0450. The lowest BCUT2D eigenvalue weighted by Gasteiger charge is -2.25. The first-order valence-corrected chi connectivity index (χ1v) is 16.3. The van der Waals surface area contributed by atoms with Crippen molar-refractivity contribution in [3.05, 3.63) is 72.1 Å². The zero-order chi connectivity index (χ0) is 35.3. The summed E-state index contributed by atoms with van der Waals surface area (Å²) in [5, 5.41) is 29.8. The van der Waals surface area contributed by atoms with Crippen LogP contribution in [0.15, 0.2) is 60.9 Å². The fourth-order valence-electron chi connectivity index (χ4n) is 5.73. The van der Waals surface area contributed by atoms with Crippen molar-refractivity contribution in [2.24, 2.45) is 17.2 Å². The summed E-state index contributed by atoms with van der Waals surface area (Å²) >= 11 is 0. The molecule has 2 aromatic heterocycles. The molecule has 4 atom stereocenters. The van der Waals surface area contributed by atoms with Gasteiger partial charge in [-0.2, -0.15) is 0 Å². The van der Waals surface area contributed by atoms with Gasteiger partial charge in [0.15, 0.2) is 5.96 Å². The second kappa shape index (κ2) is 17.7. The van der Waals surface area contributed by atoms with Crippen molar-refractivity contribution in [1.82, 2.24) is 31.2 Å². The largest absolute Gasteiger partial charge is 0.480 e. The summed E-state index contributed by atoms with van der Waals surface area (Å²) in [6.45, 7) is 0.652. The molecule has 2 aromatic carbocycles. The topological polar surface area (TPSA) is 270 Å². The zero-order valence-corrected chi connectivity index (χ0v) is 27.3. The van der Waals surface area contributed by atoms with Crippen molar-refractivity contribution in [1.29, 1.82) is 5.41 Å². The summed E-state index contributed by atoms with van der Waals surface area (Å²) in [5.74, 6) is -3.33. The fraction of sp³-hybridized carbons (Fsp3) is 0.382. The number of aliphatic carboxylic acids is 1. The number of aromatic nitrogens is 2. The van der Waals surface area contributed by atoms with Crippen LogP contribution in [0.5, 0.6) is 0 Å². The monoisotopic (exact) mass is 674 g/mol. The summed E-state index contributed by atoms with van der Waals surface area (Å²) in [4.78, 5) is 59.3. The number of unbranched alkanes of at least 4 members (excludes halogenated alkanes) is 1. The first-order chi connectivity index (χ1) is 23.6. The average molecular weight is 675 g/mol. The van der Waals surface area contributed by atoms with Gasteiger partial charge >= 0.3 is 5.97 Å². The molecule has 0 unspecified atom stereocenters. The molecule has 4 rings (SSSR count). The summed E-state index contributed by atoms with van der Waals surface area (Å²) < 4.78 is 0. The summed E-state index contributed by atoms with van der Waals surface area (Å²) in [5.41, 5.74) is 20.6. The van der Waals surface area contributed by atoms with E-state index in [-0.39, 0.29) is 38.2 Å². The molecule has 0 saturated heterocycles. The lowest BCUT2D eigenvalue weighted by atomic mass is 10.0. The van der Waals surface area contributed by atoms with E-state index in [0.717, 1.165) is 32.9 Å². The van der Waals surface area contributed by atoms with Crippen LogP contribution in [0.4, 0.5) is 0 Å². The van der Waals surface area contributed by atoms with E-state index in [1.54, 1.807) is 12.4 Å². The number of carbonyl (C=O) groups excluding carboxylic acids is 3. The molecule has 0 radical (unpaired) electrons. The first kappa shape index (κ1) is 36.4. The number of guanidine groups is 1. The summed E-state index contributed by atoms with van der Waals surface area (Å²) in [6, 6.07) is 10.7. The number of nitrogens with one attached hydrogen (secondary N) is 7. The molecule has 15 heteroatoms. The Kier molecular flexibility index (Phi) is 13.1. The van der Waals surface area contributed by atoms with Gasteiger partial charge in [0, 0.05) is 47.2 Å². The Morgan fingerprint density at radius 1 is 0.735 bits per heavy atom.